The molecule has 1 fully saturated rings. The van der Waals surface area contributed by atoms with Crippen molar-refractivity contribution >= 4 is 0 Å². The second kappa shape index (κ2) is 8.31. The van der Waals surface area contributed by atoms with E-state index in [4.69, 9.17) is 14.0 Å². The Balaban J connectivity index is 1.20. The van der Waals surface area contributed by atoms with Crippen molar-refractivity contribution in [2.24, 2.45) is 0 Å². The van der Waals surface area contributed by atoms with Gasteiger partial charge in [0.25, 0.3) is 0 Å². The average Bonchev–Trinajstić information content (AvgIpc) is 3.59. The summed E-state index contributed by atoms with van der Waals surface area (Å²) in [6, 6.07) is 19.6. The van der Waals surface area contributed by atoms with Gasteiger partial charge >= 0.3 is 0 Å². The predicted octanol–water partition coefficient (Wildman–Crippen LogP) is 3.84. The zero-order valence-electron chi connectivity index (χ0n) is 17.8. The van der Waals surface area contributed by atoms with Crippen LogP contribution >= 0.6 is 0 Å². The lowest BCUT2D eigenvalue weighted by atomic mass is 10.1. The molecule has 0 spiro atoms. The minimum absolute atomic E-state index is 0.147. The molecule has 0 radical (unpaired) electrons. The van der Waals surface area contributed by atoms with Crippen LogP contribution in [0.3, 0.4) is 0 Å². The molecule has 33 heavy (non-hydrogen) atoms. The van der Waals surface area contributed by atoms with Gasteiger partial charge in [0.15, 0.2) is 11.5 Å². The van der Waals surface area contributed by atoms with Crippen LogP contribution in [-0.2, 0) is 6.54 Å². The van der Waals surface area contributed by atoms with Crippen LogP contribution in [0, 0.1) is 0 Å². The van der Waals surface area contributed by atoms with Crippen molar-refractivity contribution < 1.29 is 19.1 Å². The standard InChI is InChI=1S/C25H22N4O4/c30-19-12-21(25-27-24(28-33-25)18-8-9-22-23(11-18)32-15-31-22)29(14-19)13-16-4-6-17(7-5-16)20-3-1-2-10-26-20/h1-11,19,21,30H,12-15H2/t19-,21+/m1/s1. The third-order valence-corrected chi connectivity index (χ3v) is 6.04. The van der Waals surface area contributed by atoms with Crippen LogP contribution < -0.4 is 9.47 Å². The summed E-state index contributed by atoms with van der Waals surface area (Å²) in [5.74, 6) is 2.38. The van der Waals surface area contributed by atoms with Crippen molar-refractivity contribution in [1.29, 1.82) is 0 Å². The summed E-state index contributed by atoms with van der Waals surface area (Å²) in [6.45, 7) is 1.44. The van der Waals surface area contributed by atoms with Crippen molar-refractivity contribution in [3.63, 3.8) is 0 Å². The molecule has 4 aromatic rings. The normalized spacial score (nSPS) is 19.8. The molecule has 0 amide bonds. The van der Waals surface area contributed by atoms with Gasteiger partial charge in [-0.25, -0.2) is 0 Å². The third kappa shape index (κ3) is 3.94. The Labute approximate surface area is 190 Å². The second-order valence-corrected chi connectivity index (χ2v) is 8.27. The first-order chi connectivity index (χ1) is 16.2. The average molecular weight is 442 g/mol. The van der Waals surface area contributed by atoms with E-state index in [0.29, 0.717) is 42.7 Å². The number of fused-ring (bicyclic) bond motifs is 1. The summed E-state index contributed by atoms with van der Waals surface area (Å²) in [6.07, 6.45) is 1.90. The molecule has 2 aliphatic rings. The monoisotopic (exact) mass is 442 g/mol. The minimum Gasteiger partial charge on any atom is -0.454 e. The predicted molar refractivity (Wildman–Crippen MR) is 119 cm³/mol. The van der Waals surface area contributed by atoms with Gasteiger partial charge in [-0.05, 0) is 42.3 Å². The Morgan fingerprint density at radius 2 is 1.82 bits per heavy atom. The Kier molecular flexibility index (Phi) is 5.01. The molecule has 0 unspecified atom stereocenters. The summed E-state index contributed by atoms with van der Waals surface area (Å²) in [5, 5.41) is 14.5. The first kappa shape index (κ1) is 19.9. The van der Waals surface area contributed by atoms with Gasteiger partial charge in [-0.3, -0.25) is 9.88 Å². The molecule has 0 saturated carbocycles. The van der Waals surface area contributed by atoms with Crippen LogP contribution in [0.4, 0.5) is 0 Å². The number of β-amino-alcohol motifs (C(OH)–C–C–N with tert-alkyl or cyclic N) is 1. The summed E-state index contributed by atoms with van der Waals surface area (Å²) in [7, 11) is 0. The topological polar surface area (TPSA) is 93.7 Å². The highest BCUT2D eigenvalue weighted by Gasteiger charge is 2.36. The fourth-order valence-corrected chi connectivity index (χ4v) is 4.38. The van der Waals surface area contributed by atoms with Crippen molar-refractivity contribution in [3.8, 4) is 34.1 Å². The summed E-state index contributed by atoms with van der Waals surface area (Å²) < 4.78 is 16.4. The molecular formula is C25H22N4O4. The van der Waals surface area contributed by atoms with E-state index in [1.165, 1.54) is 0 Å². The SMILES string of the molecule is O[C@@H]1C[C@@H](c2nc(-c3ccc4c(c3)OCO4)no2)N(Cc2ccc(-c3ccccn3)cc2)C1. The molecular weight excluding hydrogens is 420 g/mol. The Bertz CT molecular complexity index is 1260. The van der Waals surface area contributed by atoms with E-state index in [9.17, 15) is 5.11 Å². The van der Waals surface area contributed by atoms with Gasteiger partial charge in [-0.2, -0.15) is 4.98 Å². The molecule has 0 bridgehead atoms. The lowest BCUT2D eigenvalue weighted by Crippen LogP contribution is -2.24. The van der Waals surface area contributed by atoms with Crippen LogP contribution in [0.2, 0.25) is 0 Å². The smallest absolute Gasteiger partial charge is 0.244 e. The summed E-state index contributed by atoms with van der Waals surface area (Å²) in [5.41, 5.74) is 3.96. The van der Waals surface area contributed by atoms with E-state index in [1.807, 2.05) is 36.4 Å². The number of pyridine rings is 1. The Morgan fingerprint density at radius 3 is 2.67 bits per heavy atom. The molecule has 2 aromatic heterocycles. The fourth-order valence-electron chi connectivity index (χ4n) is 4.38. The highest BCUT2D eigenvalue weighted by atomic mass is 16.7. The fraction of sp³-hybridized carbons (Fsp3) is 0.240. The van der Waals surface area contributed by atoms with Crippen molar-refractivity contribution in [1.82, 2.24) is 20.0 Å². The lowest BCUT2D eigenvalue weighted by molar-refractivity contribution is 0.169. The number of aliphatic hydroxyl groups excluding tert-OH is 1. The molecule has 8 nitrogen and oxygen atoms in total. The van der Waals surface area contributed by atoms with Crippen LogP contribution in [0.25, 0.3) is 22.6 Å². The largest absolute Gasteiger partial charge is 0.454 e. The van der Waals surface area contributed by atoms with Crippen LogP contribution in [-0.4, -0.2) is 44.6 Å². The quantitative estimate of drug-likeness (QED) is 0.498. The van der Waals surface area contributed by atoms with Gasteiger partial charge < -0.3 is 19.1 Å². The number of benzene rings is 2. The van der Waals surface area contributed by atoms with Gasteiger partial charge in [0, 0.05) is 30.4 Å². The van der Waals surface area contributed by atoms with E-state index in [1.54, 1.807) is 6.20 Å². The zero-order valence-corrected chi connectivity index (χ0v) is 17.8. The molecule has 1 saturated heterocycles. The van der Waals surface area contributed by atoms with E-state index in [2.05, 4.69) is 44.3 Å². The number of hydrogen-bond donors (Lipinski definition) is 1. The Hall–Kier alpha value is -3.75. The van der Waals surface area contributed by atoms with Gasteiger partial charge in [0.05, 0.1) is 17.8 Å². The molecule has 2 aliphatic heterocycles. The number of aromatic nitrogens is 3. The lowest BCUT2D eigenvalue weighted by Gasteiger charge is -2.21. The molecule has 0 aliphatic carbocycles. The molecule has 1 N–H and O–H groups in total. The second-order valence-electron chi connectivity index (χ2n) is 8.27. The van der Waals surface area contributed by atoms with Crippen molar-refractivity contribution in [2.45, 2.75) is 25.1 Å². The van der Waals surface area contributed by atoms with Gasteiger partial charge in [-0.15, -0.1) is 0 Å². The van der Waals surface area contributed by atoms with Crippen LogP contribution in [0.1, 0.15) is 23.9 Å². The van der Waals surface area contributed by atoms with E-state index < -0.39 is 6.10 Å². The van der Waals surface area contributed by atoms with Gasteiger partial charge in [0.1, 0.15) is 0 Å². The van der Waals surface area contributed by atoms with Crippen LogP contribution in [0.5, 0.6) is 11.5 Å². The number of ether oxygens (including phenoxy) is 2. The van der Waals surface area contributed by atoms with Gasteiger partial charge in [0.2, 0.25) is 18.5 Å². The molecule has 2 aromatic carbocycles. The van der Waals surface area contributed by atoms with Crippen LogP contribution in [0.15, 0.2) is 71.4 Å². The maximum Gasteiger partial charge on any atom is 0.244 e. The van der Waals surface area contributed by atoms with Gasteiger partial charge in [-0.1, -0.05) is 35.5 Å². The molecule has 2 atom stereocenters. The first-order valence-electron chi connectivity index (χ1n) is 10.9. The summed E-state index contributed by atoms with van der Waals surface area (Å²) in [4.78, 5) is 11.2. The van der Waals surface area contributed by atoms with Crippen molar-refractivity contribution in [2.75, 3.05) is 13.3 Å². The van der Waals surface area contributed by atoms with Crippen molar-refractivity contribution in [3.05, 3.63) is 78.3 Å². The highest BCUT2D eigenvalue weighted by Crippen LogP contribution is 2.37. The maximum absolute atomic E-state index is 10.4. The maximum atomic E-state index is 10.4. The number of nitrogens with zero attached hydrogens (tertiary/aromatic N) is 4. The van der Waals surface area contributed by atoms with E-state index in [0.717, 1.165) is 22.4 Å². The zero-order chi connectivity index (χ0) is 22.2. The first-order valence-corrected chi connectivity index (χ1v) is 10.9. The van der Waals surface area contributed by atoms with E-state index in [-0.39, 0.29) is 12.8 Å². The molecule has 8 heteroatoms. The minimum atomic E-state index is -0.441. The highest BCUT2D eigenvalue weighted by molar-refractivity contribution is 5.61. The molecule has 6 rings (SSSR count). The summed E-state index contributed by atoms with van der Waals surface area (Å²) >= 11 is 0. The number of aliphatic hydroxyl groups is 1. The van der Waals surface area contributed by atoms with E-state index >= 15 is 0 Å². The number of likely N-dealkylation sites (tertiary alicyclic amines) is 1. The molecule has 166 valence electrons. The third-order valence-electron chi connectivity index (χ3n) is 6.04. The molecule has 4 heterocycles. The Morgan fingerprint density at radius 1 is 0.970 bits per heavy atom. The number of rotatable bonds is 5. The number of hydrogen-bond acceptors (Lipinski definition) is 8.